The third-order valence-corrected chi connectivity index (χ3v) is 4.75. The number of hydrogen-bond acceptors (Lipinski definition) is 3. The molecule has 0 fully saturated rings. The highest BCUT2D eigenvalue weighted by Crippen LogP contribution is 2.29. The number of thiophene rings is 1. The van der Waals surface area contributed by atoms with Crippen molar-refractivity contribution in [1.29, 1.82) is 0 Å². The molecule has 1 aromatic heterocycles. The number of carbonyl (C=O) groups is 2. The molecule has 27 heavy (non-hydrogen) atoms. The van der Waals surface area contributed by atoms with Crippen molar-refractivity contribution in [3.63, 3.8) is 0 Å². The summed E-state index contributed by atoms with van der Waals surface area (Å²) in [5.74, 6) is -2.39. The van der Waals surface area contributed by atoms with Crippen LogP contribution in [0.5, 0.6) is 0 Å². The Hall–Kier alpha value is -3.32. The van der Waals surface area contributed by atoms with Crippen molar-refractivity contribution in [3.05, 3.63) is 82.7 Å². The average Bonchev–Trinajstić information content (AvgIpc) is 3.11. The Balaban J connectivity index is 1.68. The van der Waals surface area contributed by atoms with Crippen LogP contribution in [0.2, 0.25) is 0 Å². The lowest BCUT2D eigenvalue weighted by molar-refractivity contribution is -0.111. The number of carbonyl (C=O) groups excluding carboxylic acids is 2. The predicted molar refractivity (Wildman–Crippen MR) is 102 cm³/mol. The van der Waals surface area contributed by atoms with Gasteiger partial charge < -0.3 is 11.1 Å². The summed E-state index contributed by atoms with van der Waals surface area (Å²) in [6.45, 7) is 0. The van der Waals surface area contributed by atoms with Crippen LogP contribution >= 0.6 is 11.3 Å². The number of amides is 2. The van der Waals surface area contributed by atoms with Crippen LogP contribution in [0.1, 0.15) is 15.2 Å². The average molecular weight is 384 g/mol. The Morgan fingerprint density at radius 2 is 1.74 bits per heavy atom. The van der Waals surface area contributed by atoms with Crippen LogP contribution in [0, 0.1) is 11.6 Å². The van der Waals surface area contributed by atoms with Gasteiger partial charge in [0.25, 0.3) is 5.91 Å². The molecular formula is C20H14F2N2O2S. The van der Waals surface area contributed by atoms with Crippen LogP contribution < -0.4 is 11.1 Å². The Labute approximate surface area is 157 Å². The third kappa shape index (κ3) is 4.65. The van der Waals surface area contributed by atoms with Crippen LogP contribution in [0.4, 0.5) is 14.5 Å². The molecule has 1 heterocycles. The van der Waals surface area contributed by atoms with Crippen LogP contribution in [0.15, 0.2) is 60.7 Å². The molecule has 3 N–H and O–H groups in total. The van der Waals surface area contributed by atoms with Crippen LogP contribution in [0.25, 0.3) is 16.5 Å². The molecule has 0 radical (unpaired) electrons. The normalized spacial score (nSPS) is 10.9. The lowest BCUT2D eigenvalue weighted by atomic mass is 10.2. The Bertz CT molecular complexity index is 1030. The van der Waals surface area contributed by atoms with Crippen LogP contribution in [-0.2, 0) is 4.79 Å². The molecule has 3 aromatic rings. The minimum absolute atomic E-state index is 0.262. The molecule has 4 nitrogen and oxygen atoms in total. The number of anilines is 1. The summed E-state index contributed by atoms with van der Waals surface area (Å²) in [4.78, 5) is 24.9. The molecule has 7 heteroatoms. The maximum Gasteiger partial charge on any atom is 0.251 e. The van der Waals surface area contributed by atoms with Gasteiger partial charge in [-0.15, -0.1) is 11.3 Å². The largest absolute Gasteiger partial charge is 0.366 e. The van der Waals surface area contributed by atoms with Gasteiger partial charge >= 0.3 is 0 Å². The van der Waals surface area contributed by atoms with Gasteiger partial charge in [-0.1, -0.05) is 12.1 Å². The van der Waals surface area contributed by atoms with Crippen molar-refractivity contribution in [2.45, 2.75) is 0 Å². The van der Waals surface area contributed by atoms with Crippen molar-refractivity contribution >= 4 is 34.9 Å². The van der Waals surface area contributed by atoms with Gasteiger partial charge in [-0.2, -0.15) is 0 Å². The first-order valence-electron chi connectivity index (χ1n) is 7.86. The highest BCUT2D eigenvalue weighted by atomic mass is 32.1. The van der Waals surface area contributed by atoms with E-state index in [1.807, 2.05) is 12.1 Å². The highest BCUT2D eigenvalue weighted by Gasteiger charge is 2.10. The number of primary amides is 1. The van der Waals surface area contributed by atoms with E-state index in [1.165, 1.54) is 41.7 Å². The third-order valence-electron chi connectivity index (χ3n) is 3.65. The number of halogens is 2. The second-order valence-corrected chi connectivity index (χ2v) is 6.71. The van der Waals surface area contributed by atoms with Crippen molar-refractivity contribution < 1.29 is 18.4 Å². The zero-order valence-electron chi connectivity index (χ0n) is 13.9. The summed E-state index contributed by atoms with van der Waals surface area (Å²) in [7, 11) is 0. The highest BCUT2D eigenvalue weighted by molar-refractivity contribution is 7.16. The minimum Gasteiger partial charge on any atom is -0.366 e. The first-order valence-corrected chi connectivity index (χ1v) is 8.68. The Kier molecular flexibility index (Phi) is 5.42. The molecular weight excluding hydrogens is 370 g/mol. The molecule has 3 rings (SSSR count). The summed E-state index contributed by atoms with van der Waals surface area (Å²) in [6.07, 6.45) is 2.96. The van der Waals surface area contributed by atoms with Gasteiger partial charge in [0.15, 0.2) is 0 Å². The fourth-order valence-electron chi connectivity index (χ4n) is 2.35. The van der Waals surface area contributed by atoms with Crippen molar-refractivity contribution in [3.8, 4) is 10.4 Å². The van der Waals surface area contributed by atoms with Gasteiger partial charge in [0, 0.05) is 21.5 Å². The first-order chi connectivity index (χ1) is 12.9. The summed E-state index contributed by atoms with van der Waals surface area (Å²) in [5.41, 5.74) is 5.94. The van der Waals surface area contributed by atoms with Crippen molar-refractivity contribution in [1.82, 2.24) is 0 Å². The Morgan fingerprint density at radius 3 is 2.44 bits per heavy atom. The van der Waals surface area contributed by atoms with E-state index in [4.69, 9.17) is 5.73 Å². The maximum absolute atomic E-state index is 13.4. The number of nitrogens with two attached hydrogens (primary N) is 1. The summed E-state index contributed by atoms with van der Waals surface area (Å²) < 4.78 is 26.4. The van der Waals surface area contributed by atoms with Gasteiger partial charge in [0.05, 0.1) is 5.56 Å². The van der Waals surface area contributed by atoms with Gasteiger partial charge in [0.1, 0.15) is 11.6 Å². The molecule has 0 saturated carbocycles. The topological polar surface area (TPSA) is 72.2 Å². The van der Waals surface area contributed by atoms with Crippen LogP contribution in [-0.4, -0.2) is 11.8 Å². The molecule has 0 unspecified atom stereocenters. The predicted octanol–water partition coefficient (Wildman–Crippen LogP) is 4.44. The molecule has 0 aliphatic heterocycles. The number of hydrogen-bond donors (Lipinski definition) is 2. The lowest BCUT2D eigenvalue weighted by Crippen LogP contribution is -2.14. The zero-order valence-corrected chi connectivity index (χ0v) is 14.7. The second-order valence-electron chi connectivity index (χ2n) is 5.59. The van der Waals surface area contributed by atoms with Crippen LogP contribution in [0.3, 0.4) is 0 Å². The number of nitrogens with one attached hydrogen (secondary N) is 1. The fourth-order valence-corrected chi connectivity index (χ4v) is 3.26. The van der Waals surface area contributed by atoms with Crippen molar-refractivity contribution in [2.24, 2.45) is 5.73 Å². The van der Waals surface area contributed by atoms with E-state index in [-0.39, 0.29) is 17.1 Å². The zero-order chi connectivity index (χ0) is 19.4. The van der Waals surface area contributed by atoms with E-state index in [0.717, 1.165) is 21.4 Å². The number of benzene rings is 2. The van der Waals surface area contributed by atoms with Gasteiger partial charge in [-0.3, -0.25) is 9.59 Å². The number of rotatable bonds is 5. The molecule has 2 aromatic carbocycles. The van der Waals surface area contributed by atoms with E-state index in [2.05, 4.69) is 5.32 Å². The van der Waals surface area contributed by atoms with E-state index in [9.17, 15) is 18.4 Å². The van der Waals surface area contributed by atoms with Gasteiger partial charge in [-0.25, -0.2) is 8.78 Å². The smallest absolute Gasteiger partial charge is 0.251 e. The molecule has 0 spiro atoms. The molecule has 0 aliphatic rings. The molecule has 0 atom stereocenters. The summed E-state index contributed by atoms with van der Waals surface area (Å²) in [5, 5.41) is 2.54. The van der Waals surface area contributed by atoms with E-state index >= 15 is 0 Å². The first kappa shape index (κ1) is 18.5. The second kappa shape index (κ2) is 7.92. The van der Waals surface area contributed by atoms with E-state index in [1.54, 1.807) is 18.2 Å². The minimum atomic E-state index is -0.911. The van der Waals surface area contributed by atoms with E-state index in [0.29, 0.717) is 0 Å². The monoisotopic (exact) mass is 384 g/mol. The molecule has 136 valence electrons. The molecule has 0 aliphatic carbocycles. The molecule has 2 amide bonds. The standard InChI is InChI=1S/C20H14F2N2O2S/c21-13-3-1-12(2-4-13)18-9-6-15(27-18)7-10-19(25)24-14-5-8-17(22)16(11-14)20(23)26/h1-11H,(H2,23,26)(H,24,25)/b10-7+. The Morgan fingerprint density at radius 1 is 1.00 bits per heavy atom. The molecule has 0 bridgehead atoms. The fraction of sp³-hybridized carbons (Fsp3) is 0. The van der Waals surface area contributed by atoms with E-state index < -0.39 is 17.6 Å². The summed E-state index contributed by atoms with van der Waals surface area (Å²) in [6, 6.07) is 13.5. The lowest BCUT2D eigenvalue weighted by Gasteiger charge is -2.04. The quantitative estimate of drug-likeness (QED) is 0.638. The van der Waals surface area contributed by atoms with Crippen molar-refractivity contribution in [2.75, 3.05) is 5.32 Å². The molecule has 0 saturated heterocycles. The van der Waals surface area contributed by atoms with Gasteiger partial charge in [0.2, 0.25) is 5.91 Å². The van der Waals surface area contributed by atoms with Gasteiger partial charge in [-0.05, 0) is 54.1 Å². The summed E-state index contributed by atoms with van der Waals surface area (Å²) >= 11 is 1.45. The SMILES string of the molecule is NC(=O)c1cc(NC(=O)/C=C/c2ccc(-c3ccc(F)cc3)s2)ccc1F. The maximum atomic E-state index is 13.4.